The Morgan fingerprint density at radius 2 is 2.05 bits per heavy atom. The lowest BCUT2D eigenvalue weighted by atomic mass is 9.87. The Labute approximate surface area is 134 Å². The summed E-state index contributed by atoms with van der Waals surface area (Å²) in [6, 6.07) is 14.8. The van der Waals surface area contributed by atoms with Crippen molar-refractivity contribution in [3.8, 4) is 5.75 Å². The molecule has 0 bridgehead atoms. The standard InChI is InChI=1S/C18H20BrNO/c1-12(15-6-2-3-7-17(15)19)20-18-8-4-5-13-11-14(21)9-10-16(13)18/h2-3,6-7,9-12,18,20-21H,4-5,8H2,1H3/t12-,18?/m0/s1. The molecule has 0 radical (unpaired) electrons. The number of nitrogens with one attached hydrogen (secondary N) is 1. The van der Waals surface area contributed by atoms with E-state index in [-0.39, 0.29) is 6.04 Å². The lowest BCUT2D eigenvalue weighted by Crippen LogP contribution is -2.28. The van der Waals surface area contributed by atoms with E-state index in [2.05, 4.69) is 52.4 Å². The molecule has 2 aromatic rings. The van der Waals surface area contributed by atoms with Crippen molar-refractivity contribution in [3.63, 3.8) is 0 Å². The summed E-state index contributed by atoms with van der Waals surface area (Å²) in [4.78, 5) is 0. The van der Waals surface area contributed by atoms with Crippen LogP contribution in [0.1, 0.15) is 48.5 Å². The lowest BCUT2D eigenvalue weighted by Gasteiger charge is -2.30. The van der Waals surface area contributed by atoms with Gasteiger partial charge in [-0.05, 0) is 61.1 Å². The Balaban J connectivity index is 1.82. The summed E-state index contributed by atoms with van der Waals surface area (Å²) in [6.45, 7) is 2.20. The summed E-state index contributed by atoms with van der Waals surface area (Å²) in [6.07, 6.45) is 3.37. The van der Waals surface area contributed by atoms with Crippen LogP contribution in [0.15, 0.2) is 46.9 Å². The minimum absolute atomic E-state index is 0.283. The molecule has 0 saturated heterocycles. The highest BCUT2D eigenvalue weighted by molar-refractivity contribution is 9.10. The van der Waals surface area contributed by atoms with Crippen molar-refractivity contribution in [2.24, 2.45) is 0 Å². The number of fused-ring (bicyclic) bond motifs is 1. The third kappa shape index (κ3) is 3.14. The van der Waals surface area contributed by atoms with Crippen LogP contribution in [0.4, 0.5) is 0 Å². The molecule has 0 fully saturated rings. The van der Waals surface area contributed by atoms with E-state index in [4.69, 9.17) is 0 Å². The number of phenolic OH excluding ortho intramolecular Hbond substituents is 1. The molecule has 3 rings (SSSR count). The molecule has 0 aromatic heterocycles. The molecule has 1 aliphatic carbocycles. The first kappa shape index (κ1) is 14.6. The molecule has 0 amide bonds. The van der Waals surface area contributed by atoms with Gasteiger partial charge < -0.3 is 10.4 Å². The molecule has 0 saturated carbocycles. The van der Waals surface area contributed by atoms with Gasteiger partial charge in [-0.3, -0.25) is 0 Å². The molecule has 2 N–H and O–H groups in total. The zero-order valence-electron chi connectivity index (χ0n) is 12.1. The topological polar surface area (TPSA) is 32.3 Å². The fourth-order valence-electron chi connectivity index (χ4n) is 3.19. The average molecular weight is 346 g/mol. The maximum atomic E-state index is 9.64. The van der Waals surface area contributed by atoms with Gasteiger partial charge in [0.05, 0.1) is 0 Å². The molecule has 2 atom stereocenters. The molecule has 21 heavy (non-hydrogen) atoms. The highest BCUT2D eigenvalue weighted by atomic mass is 79.9. The molecule has 2 nitrogen and oxygen atoms in total. The van der Waals surface area contributed by atoms with Gasteiger partial charge in [0.25, 0.3) is 0 Å². The fraction of sp³-hybridized carbons (Fsp3) is 0.333. The maximum absolute atomic E-state index is 9.64. The zero-order valence-corrected chi connectivity index (χ0v) is 13.7. The van der Waals surface area contributed by atoms with Crippen molar-refractivity contribution >= 4 is 15.9 Å². The second-order valence-corrected chi connectivity index (χ2v) is 6.59. The van der Waals surface area contributed by atoms with Crippen LogP contribution in [-0.4, -0.2) is 5.11 Å². The summed E-state index contributed by atoms with van der Waals surface area (Å²) >= 11 is 3.63. The zero-order chi connectivity index (χ0) is 14.8. The number of aryl methyl sites for hydroxylation is 1. The number of rotatable bonds is 3. The van der Waals surface area contributed by atoms with Crippen molar-refractivity contribution < 1.29 is 5.11 Å². The van der Waals surface area contributed by atoms with Crippen LogP contribution < -0.4 is 5.32 Å². The quantitative estimate of drug-likeness (QED) is 0.830. The van der Waals surface area contributed by atoms with Crippen LogP contribution in [0.5, 0.6) is 5.75 Å². The van der Waals surface area contributed by atoms with Gasteiger partial charge in [0.15, 0.2) is 0 Å². The Morgan fingerprint density at radius 1 is 1.24 bits per heavy atom. The van der Waals surface area contributed by atoms with Crippen LogP contribution in [0.25, 0.3) is 0 Å². The van der Waals surface area contributed by atoms with Crippen molar-refractivity contribution in [3.05, 3.63) is 63.6 Å². The Bertz CT molecular complexity index is 641. The van der Waals surface area contributed by atoms with Crippen LogP contribution in [0.3, 0.4) is 0 Å². The largest absolute Gasteiger partial charge is 0.508 e. The fourth-order valence-corrected chi connectivity index (χ4v) is 3.82. The predicted octanol–water partition coefficient (Wildman–Crippen LogP) is 4.88. The molecule has 2 aromatic carbocycles. The Morgan fingerprint density at radius 3 is 2.86 bits per heavy atom. The molecule has 3 heteroatoms. The lowest BCUT2D eigenvalue weighted by molar-refractivity contribution is 0.412. The number of benzene rings is 2. The smallest absolute Gasteiger partial charge is 0.115 e. The Hall–Kier alpha value is -1.32. The SMILES string of the molecule is C[C@H](NC1CCCc2cc(O)ccc21)c1ccccc1Br. The molecule has 0 heterocycles. The van der Waals surface area contributed by atoms with Crippen LogP contribution in [0.2, 0.25) is 0 Å². The van der Waals surface area contributed by atoms with Gasteiger partial charge in [-0.25, -0.2) is 0 Å². The first-order valence-electron chi connectivity index (χ1n) is 7.47. The van der Waals surface area contributed by atoms with Gasteiger partial charge >= 0.3 is 0 Å². The monoisotopic (exact) mass is 345 g/mol. The minimum atomic E-state index is 0.283. The molecule has 0 aliphatic heterocycles. The van der Waals surface area contributed by atoms with E-state index in [1.54, 1.807) is 6.07 Å². The highest BCUT2D eigenvalue weighted by Gasteiger charge is 2.22. The van der Waals surface area contributed by atoms with E-state index >= 15 is 0 Å². The third-order valence-corrected chi connectivity index (χ3v) is 4.99. The second-order valence-electron chi connectivity index (χ2n) is 5.74. The molecule has 1 unspecified atom stereocenters. The number of hydrogen-bond acceptors (Lipinski definition) is 2. The van der Waals surface area contributed by atoms with Gasteiger partial charge in [-0.15, -0.1) is 0 Å². The number of aromatic hydroxyl groups is 1. The third-order valence-electron chi connectivity index (χ3n) is 4.26. The molecule has 0 spiro atoms. The maximum Gasteiger partial charge on any atom is 0.115 e. The second kappa shape index (κ2) is 6.20. The normalized spacial score (nSPS) is 19.0. The summed E-state index contributed by atoms with van der Waals surface area (Å²) in [5, 5.41) is 13.4. The summed E-state index contributed by atoms with van der Waals surface area (Å²) in [7, 11) is 0. The number of halogens is 1. The van der Waals surface area contributed by atoms with Crippen LogP contribution >= 0.6 is 15.9 Å². The first-order valence-corrected chi connectivity index (χ1v) is 8.26. The van der Waals surface area contributed by atoms with Gasteiger partial charge in [-0.1, -0.05) is 40.2 Å². The van der Waals surface area contributed by atoms with Crippen molar-refractivity contribution in [1.29, 1.82) is 0 Å². The van der Waals surface area contributed by atoms with E-state index in [9.17, 15) is 5.11 Å². The van der Waals surface area contributed by atoms with Gasteiger partial charge in [0, 0.05) is 16.6 Å². The molecule has 110 valence electrons. The highest BCUT2D eigenvalue weighted by Crippen LogP contribution is 2.34. The van der Waals surface area contributed by atoms with Crippen LogP contribution in [-0.2, 0) is 6.42 Å². The summed E-state index contributed by atoms with van der Waals surface area (Å²) in [5.74, 6) is 0.369. The van der Waals surface area contributed by atoms with E-state index in [1.165, 1.54) is 16.7 Å². The summed E-state index contributed by atoms with van der Waals surface area (Å²) < 4.78 is 1.15. The van der Waals surface area contributed by atoms with Gasteiger partial charge in [0.2, 0.25) is 0 Å². The number of phenols is 1. The van der Waals surface area contributed by atoms with Gasteiger partial charge in [0.1, 0.15) is 5.75 Å². The van der Waals surface area contributed by atoms with Crippen molar-refractivity contribution in [2.75, 3.05) is 0 Å². The average Bonchev–Trinajstić information content (AvgIpc) is 2.47. The van der Waals surface area contributed by atoms with E-state index in [0.29, 0.717) is 11.8 Å². The van der Waals surface area contributed by atoms with E-state index in [1.807, 2.05) is 12.1 Å². The van der Waals surface area contributed by atoms with Crippen LogP contribution in [0, 0.1) is 0 Å². The van der Waals surface area contributed by atoms with Crippen molar-refractivity contribution in [2.45, 2.75) is 38.3 Å². The molecule has 1 aliphatic rings. The van der Waals surface area contributed by atoms with E-state index < -0.39 is 0 Å². The molecular weight excluding hydrogens is 326 g/mol. The van der Waals surface area contributed by atoms with Crippen molar-refractivity contribution in [1.82, 2.24) is 5.32 Å². The minimum Gasteiger partial charge on any atom is -0.508 e. The van der Waals surface area contributed by atoms with Gasteiger partial charge in [-0.2, -0.15) is 0 Å². The van der Waals surface area contributed by atoms with E-state index in [0.717, 1.165) is 23.7 Å². The molecular formula is C18H20BrNO. The number of hydrogen-bond donors (Lipinski definition) is 2. The predicted molar refractivity (Wildman–Crippen MR) is 89.5 cm³/mol. The summed E-state index contributed by atoms with van der Waals surface area (Å²) in [5.41, 5.74) is 3.89. The first-order chi connectivity index (χ1) is 10.1. The Kier molecular flexibility index (Phi) is 4.32.